The quantitative estimate of drug-likeness (QED) is 0.588. The van der Waals surface area contributed by atoms with Crippen LogP contribution in [0.4, 0.5) is 17.5 Å². The van der Waals surface area contributed by atoms with Crippen LogP contribution < -0.4 is 10.6 Å². The predicted molar refractivity (Wildman–Crippen MR) is 127 cm³/mol. The van der Waals surface area contributed by atoms with Gasteiger partial charge in [-0.25, -0.2) is 4.98 Å². The molecular weight excluding hydrogens is 428 g/mol. The first-order chi connectivity index (χ1) is 15.3. The number of anilines is 3. The molecule has 6 rings (SSSR count). The summed E-state index contributed by atoms with van der Waals surface area (Å²) in [5.74, 6) is 1.68. The van der Waals surface area contributed by atoms with Gasteiger partial charge < -0.3 is 15.4 Å². The smallest absolute Gasteiger partial charge is 0.230 e. The van der Waals surface area contributed by atoms with Crippen LogP contribution in [0.5, 0.6) is 0 Å². The van der Waals surface area contributed by atoms with Crippen molar-refractivity contribution < 1.29 is 4.74 Å². The van der Waals surface area contributed by atoms with E-state index in [2.05, 4.69) is 19.9 Å². The third kappa shape index (κ3) is 4.04. The fourth-order valence-electron chi connectivity index (χ4n) is 5.27. The van der Waals surface area contributed by atoms with Crippen LogP contribution in [0.2, 0.25) is 0 Å². The van der Waals surface area contributed by atoms with Crippen LogP contribution >= 0.6 is 22.9 Å². The number of rotatable bonds is 5. The summed E-state index contributed by atoms with van der Waals surface area (Å²) in [6, 6.07) is 1.18. The number of fused-ring (bicyclic) bond motifs is 3. The second kappa shape index (κ2) is 8.61. The summed E-state index contributed by atoms with van der Waals surface area (Å²) in [5.41, 5.74) is 2.43. The molecule has 164 valence electrons. The number of morpholine rings is 1. The van der Waals surface area contributed by atoms with Gasteiger partial charge in [0.05, 0.1) is 30.5 Å². The molecule has 3 aromatic rings. The molecule has 1 saturated heterocycles. The number of aryl methyl sites for hydroxylation is 2. The van der Waals surface area contributed by atoms with Crippen molar-refractivity contribution in [2.75, 3.05) is 36.9 Å². The number of thiophene rings is 1. The molecule has 0 amide bonds. The fourth-order valence-corrected chi connectivity index (χ4v) is 7.00. The minimum atomic E-state index is 0.475. The summed E-state index contributed by atoms with van der Waals surface area (Å²) in [4.78, 5) is 15.0. The topological polar surface area (TPSA) is 75.2 Å². The zero-order chi connectivity index (χ0) is 20.6. The average Bonchev–Trinajstić information content (AvgIpc) is 3.53. The fraction of sp³-hybridized carbons (Fsp3) is 0.591. The van der Waals surface area contributed by atoms with E-state index in [1.54, 1.807) is 0 Å². The van der Waals surface area contributed by atoms with Gasteiger partial charge in [0.25, 0.3) is 0 Å². The molecule has 0 atom stereocenters. The Labute approximate surface area is 190 Å². The van der Waals surface area contributed by atoms with Crippen molar-refractivity contribution in [3.8, 4) is 0 Å². The summed E-state index contributed by atoms with van der Waals surface area (Å²) < 4.78 is 9.71. The number of ether oxygens (including phenoxy) is 1. The van der Waals surface area contributed by atoms with Gasteiger partial charge in [0.15, 0.2) is 0 Å². The summed E-state index contributed by atoms with van der Waals surface area (Å²) >= 11 is 3.28. The van der Waals surface area contributed by atoms with E-state index < -0.39 is 0 Å². The SMILES string of the molecule is c1nscc1Nc1nc(N[C@H]2CC[C@H](N3CCOCC3)CC2)c2c3c(sc2n1)CCC3. The van der Waals surface area contributed by atoms with Gasteiger partial charge >= 0.3 is 0 Å². The lowest BCUT2D eigenvalue weighted by molar-refractivity contribution is 0.00791. The van der Waals surface area contributed by atoms with Gasteiger partial charge in [0.1, 0.15) is 10.6 Å². The summed E-state index contributed by atoms with van der Waals surface area (Å²) in [6.07, 6.45) is 10.3. The van der Waals surface area contributed by atoms with Gasteiger partial charge in [0.2, 0.25) is 5.95 Å². The summed E-state index contributed by atoms with van der Waals surface area (Å²) in [5, 5.41) is 10.4. The molecule has 0 unspecified atom stereocenters. The highest BCUT2D eigenvalue weighted by molar-refractivity contribution is 7.19. The Morgan fingerprint density at radius 1 is 1.06 bits per heavy atom. The maximum absolute atomic E-state index is 5.53. The van der Waals surface area contributed by atoms with Crippen molar-refractivity contribution in [1.29, 1.82) is 0 Å². The zero-order valence-corrected chi connectivity index (χ0v) is 19.2. The Kier molecular flexibility index (Phi) is 5.51. The lowest BCUT2D eigenvalue weighted by atomic mass is 9.90. The van der Waals surface area contributed by atoms with E-state index in [0.717, 1.165) is 49.1 Å². The van der Waals surface area contributed by atoms with Gasteiger partial charge in [-0.05, 0) is 62.0 Å². The van der Waals surface area contributed by atoms with E-state index in [0.29, 0.717) is 18.0 Å². The molecule has 3 aromatic heterocycles. The number of nitrogens with one attached hydrogen (secondary N) is 2. The molecule has 0 aromatic carbocycles. The highest BCUT2D eigenvalue weighted by Crippen LogP contribution is 2.41. The lowest BCUT2D eigenvalue weighted by Crippen LogP contribution is -2.46. The Hall–Kier alpha value is -1.81. The summed E-state index contributed by atoms with van der Waals surface area (Å²) in [7, 11) is 0. The van der Waals surface area contributed by atoms with Crippen LogP contribution in [0.15, 0.2) is 11.6 Å². The van der Waals surface area contributed by atoms with E-state index >= 15 is 0 Å². The number of aromatic nitrogens is 3. The molecule has 2 fully saturated rings. The molecule has 0 radical (unpaired) electrons. The predicted octanol–water partition coefficient (Wildman–Crippen LogP) is 4.44. The highest BCUT2D eigenvalue weighted by Gasteiger charge is 2.29. The van der Waals surface area contributed by atoms with Gasteiger partial charge in [0, 0.05) is 35.4 Å². The molecule has 3 aliphatic rings. The number of hydrogen-bond acceptors (Lipinski definition) is 9. The first-order valence-corrected chi connectivity index (χ1v) is 13.1. The average molecular weight is 457 g/mol. The van der Waals surface area contributed by atoms with Gasteiger partial charge in [-0.15, -0.1) is 11.3 Å². The van der Waals surface area contributed by atoms with Crippen LogP contribution in [-0.2, 0) is 17.6 Å². The molecule has 4 heterocycles. The van der Waals surface area contributed by atoms with Crippen molar-refractivity contribution in [1.82, 2.24) is 19.2 Å². The van der Waals surface area contributed by atoms with Gasteiger partial charge in [-0.1, -0.05) is 0 Å². The summed E-state index contributed by atoms with van der Waals surface area (Å²) in [6.45, 7) is 3.94. The zero-order valence-electron chi connectivity index (χ0n) is 17.6. The molecule has 1 aliphatic heterocycles. The van der Waals surface area contributed by atoms with Crippen molar-refractivity contribution in [3.05, 3.63) is 22.0 Å². The molecular formula is C22H28N6OS2. The largest absolute Gasteiger partial charge is 0.379 e. The van der Waals surface area contributed by atoms with Crippen LogP contribution in [0.1, 0.15) is 42.5 Å². The number of hydrogen-bond donors (Lipinski definition) is 2. The Balaban J connectivity index is 1.23. The molecule has 1 saturated carbocycles. The Morgan fingerprint density at radius 2 is 1.94 bits per heavy atom. The molecule has 2 N–H and O–H groups in total. The highest BCUT2D eigenvalue weighted by atomic mass is 32.1. The maximum Gasteiger partial charge on any atom is 0.230 e. The number of nitrogens with zero attached hydrogens (tertiary/aromatic N) is 4. The first-order valence-electron chi connectivity index (χ1n) is 11.4. The lowest BCUT2D eigenvalue weighted by Gasteiger charge is -2.39. The van der Waals surface area contributed by atoms with Crippen molar-refractivity contribution >= 4 is 50.5 Å². The van der Waals surface area contributed by atoms with E-state index in [1.165, 1.54) is 65.9 Å². The third-order valence-electron chi connectivity index (χ3n) is 6.85. The Bertz CT molecular complexity index is 1040. The molecule has 31 heavy (non-hydrogen) atoms. The standard InChI is InChI=1S/C22H28N6OS2/c1-2-17-18(3-1)31-21-19(17)20(26-22(27-21)25-15-12-23-30-13-15)24-14-4-6-16(7-5-14)28-8-10-29-11-9-28/h12-14,16H,1-11H2,(H2,24,25,26,27)/t14-,16-. The minimum Gasteiger partial charge on any atom is -0.379 e. The van der Waals surface area contributed by atoms with Gasteiger partial charge in [-0.2, -0.15) is 9.36 Å². The van der Waals surface area contributed by atoms with E-state index in [9.17, 15) is 0 Å². The van der Waals surface area contributed by atoms with Crippen molar-refractivity contribution in [3.63, 3.8) is 0 Å². The maximum atomic E-state index is 5.53. The molecule has 0 spiro atoms. The Morgan fingerprint density at radius 3 is 2.74 bits per heavy atom. The second-order valence-corrected chi connectivity index (χ2v) is 10.5. The van der Waals surface area contributed by atoms with Crippen LogP contribution in [-0.4, -0.2) is 57.6 Å². The normalized spacial score (nSPS) is 24.4. The minimum absolute atomic E-state index is 0.475. The van der Waals surface area contributed by atoms with Crippen molar-refractivity contribution in [2.45, 2.75) is 57.0 Å². The van der Waals surface area contributed by atoms with Crippen LogP contribution in [0.3, 0.4) is 0 Å². The molecule has 9 heteroatoms. The van der Waals surface area contributed by atoms with Gasteiger partial charge in [-0.3, -0.25) is 4.90 Å². The van der Waals surface area contributed by atoms with Crippen LogP contribution in [0.25, 0.3) is 10.2 Å². The molecule has 0 bridgehead atoms. The van der Waals surface area contributed by atoms with E-state index in [4.69, 9.17) is 14.7 Å². The first kappa shape index (κ1) is 19.8. The molecule has 7 nitrogen and oxygen atoms in total. The third-order valence-corrected chi connectivity index (χ3v) is 8.62. The second-order valence-electron chi connectivity index (χ2n) is 8.77. The monoisotopic (exact) mass is 456 g/mol. The van der Waals surface area contributed by atoms with E-state index in [-0.39, 0.29) is 0 Å². The molecule has 2 aliphatic carbocycles. The van der Waals surface area contributed by atoms with E-state index in [1.807, 2.05) is 22.9 Å². The van der Waals surface area contributed by atoms with Crippen molar-refractivity contribution in [2.24, 2.45) is 0 Å². The van der Waals surface area contributed by atoms with Crippen LogP contribution in [0, 0.1) is 0 Å².